The van der Waals surface area contributed by atoms with Gasteiger partial charge in [-0.3, -0.25) is 24.2 Å². The van der Waals surface area contributed by atoms with Crippen molar-refractivity contribution < 1.29 is 34.2 Å². The van der Waals surface area contributed by atoms with Crippen molar-refractivity contribution in [3.8, 4) is 0 Å². The molecule has 0 fully saturated rings. The van der Waals surface area contributed by atoms with Crippen molar-refractivity contribution in [2.24, 2.45) is 22.2 Å². The average Bonchev–Trinajstić information content (AvgIpc) is 3.31. The molecule has 3 amide bonds. The summed E-state index contributed by atoms with van der Waals surface area (Å²) >= 11 is 0. The Balaban J connectivity index is 2.30. The van der Waals surface area contributed by atoms with E-state index in [1.807, 2.05) is 18.2 Å². The lowest BCUT2D eigenvalue weighted by Crippen LogP contribution is -2.57. The fourth-order valence-corrected chi connectivity index (χ4v) is 3.74. The molecule has 12 N–H and O–H groups in total. The highest BCUT2D eigenvalue weighted by Gasteiger charge is 2.30. The number of guanidine groups is 1. The number of aromatic nitrogens is 1. The summed E-state index contributed by atoms with van der Waals surface area (Å²) in [6.07, 6.45) is 1.62. The molecule has 0 saturated carbocycles. The minimum atomic E-state index is -1.32. The molecule has 1 aromatic heterocycles. The van der Waals surface area contributed by atoms with Crippen molar-refractivity contribution in [2.75, 3.05) is 13.2 Å². The first kappa shape index (κ1) is 30.7. The Morgan fingerprint density at radius 3 is 2.33 bits per heavy atom. The number of carboxylic acid groups (broad SMARTS) is 1. The quantitative estimate of drug-likeness (QED) is 0.0452. The summed E-state index contributed by atoms with van der Waals surface area (Å²) in [5.41, 5.74) is 17.7. The Morgan fingerprint density at radius 2 is 1.69 bits per heavy atom. The van der Waals surface area contributed by atoms with Gasteiger partial charge in [-0.25, -0.2) is 0 Å². The maximum Gasteiger partial charge on any atom is 0.305 e. The van der Waals surface area contributed by atoms with Gasteiger partial charge in [-0.2, -0.15) is 0 Å². The SMILES string of the molecule is NC(N)=NCCC[C@H](NC(=O)[C@@H](N)CO)C(=O)N[C@@H](Cc1c[nH]c2ccccc12)C(=O)N[C@H](C=O)CC(=O)O. The molecular formula is C24H34N8O7. The molecule has 4 atom stereocenters. The molecule has 15 heteroatoms. The second-order valence-corrected chi connectivity index (χ2v) is 8.77. The zero-order chi connectivity index (χ0) is 28.9. The van der Waals surface area contributed by atoms with Crippen LogP contribution in [0.5, 0.6) is 0 Å². The van der Waals surface area contributed by atoms with Crippen LogP contribution >= 0.6 is 0 Å². The Hall–Kier alpha value is -4.50. The smallest absolute Gasteiger partial charge is 0.305 e. The van der Waals surface area contributed by atoms with Gasteiger partial charge in [0.15, 0.2) is 5.96 Å². The molecule has 0 bridgehead atoms. The molecule has 212 valence electrons. The summed E-state index contributed by atoms with van der Waals surface area (Å²) in [7, 11) is 0. The molecule has 0 radical (unpaired) electrons. The standard InChI is InChI=1S/C24H34N8O7/c25-16(12-34)21(37)31-18(6-3-7-28-24(26)27)22(38)32-19(23(39)30-14(11-33)9-20(35)36)8-13-10-29-17-5-2-1-4-15(13)17/h1-2,4-5,10-11,14,16,18-19,29,34H,3,6-9,12,25H2,(H,30,39)(H,31,37)(H,32,38)(H,35,36)(H4,26,27,28)/t14-,16-,18-,19-/m0/s1. The van der Waals surface area contributed by atoms with Crippen LogP contribution in [-0.4, -0.2) is 88.5 Å². The van der Waals surface area contributed by atoms with Gasteiger partial charge in [-0.1, -0.05) is 18.2 Å². The van der Waals surface area contributed by atoms with Gasteiger partial charge in [0, 0.05) is 30.1 Å². The number of carbonyl (C=O) groups is 5. The van der Waals surface area contributed by atoms with E-state index in [-0.39, 0.29) is 31.8 Å². The number of aliphatic imine (C=N–C) groups is 1. The third kappa shape index (κ3) is 9.71. The Kier molecular flexibility index (Phi) is 11.8. The first-order valence-corrected chi connectivity index (χ1v) is 12.1. The molecule has 0 aliphatic heterocycles. The van der Waals surface area contributed by atoms with E-state index >= 15 is 0 Å². The maximum absolute atomic E-state index is 13.3. The normalized spacial score (nSPS) is 13.9. The number of para-hydroxylation sites is 1. The van der Waals surface area contributed by atoms with Crippen molar-refractivity contribution in [1.82, 2.24) is 20.9 Å². The lowest BCUT2D eigenvalue weighted by Gasteiger charge is -2.24. The summed E-state index contributed by atoms with van der Waals surface area (Å²) in [6, 6.07) is 2.23. The van der Waals surface area contributed by atoms with Crippen LogP contribution < -0.4 is 33.2 Å². The van der Waals surface area contributed by atoms with Crippen molar-refractivity contribution in [3.05, 3.63) is 36.0 Å². The third-order valence-corrected chi connectivity index (χ3v) is 5.73. The molecule has 2 rings (SSSR count). The maximum atomic E-state index is 13.3. The van der Waals surface area contributed by atoms with E-state index in [1.165, 1.54) is 0 Å². The summed E-state index contributed by atoms with van der Waals surface area (Å²) in [5, 5.41) is 26.4. The molecule has 2 aromatic rings. The van der Waals surface area contributed by atoms with Gasteiger partial charge in [-0.05, 0) is 24.5 Å². The van der Waals surface area contributed by atoms with E-state index in [4.69, 9.17) is 22.3 Å². The highest BCUT2D eigenvalue weighted by molar-refractivity contribution is 5.94. The molecule has 1 heterocycles. The van der Waals surface area contributed by atoms with E-state index in [0.29, 0.717) is 11.8 Å². The molecule has 0 aliphatic carbocycles. The van der Waals surface area contributed by atoms with Crippen LogP contribution in [-0.2, 0) is 30.4 Å². The van der Waals surface area contributed by atoms with Gasteiger partial charge in [0.05, 0.1) is 19.1 Å². The number of aliphatic hydroxyl groups excluding tert-OH is 1. The van der Waals surface area contributed by atoms with Gasteiger partial charge >= 0.3 is 5.97 Å². The minimum absolute atomic E-state index is 0.0228. The number of carboxylic acids is 1. The number of nitrogens with one attached hydrogen (secondary N) is 4. The van der Waals surface area contributed by atoms with Gasteiger partial charge in [0.1, 0.15) is 24.4 Å². The number of fused-ring (bicyclic) bond motifs is 1. The average molecular weight is 547 g/mol. The van der Waals surface area contributed by atoms with Crippen molar-refractivity contribution in [2.45, 2.75) is 49.9 Å². The largest absolute Gasteiger partial charge is 0.481 e. The summed E-state index contributed by atoms with van der Waals surface area (Å²) in [5.74, 6) is -3.79. The monoisotopic (exact) mass is 546 g/mol. The van der Waals surface area contributed by atoms with Gasteiger partial charge in [0.2, 0.25) is 17.7 Å². The van der Waals surface area contributed by atoms with E-state index in [9.17, 15) is 29.1 Å². The first-order valence-electron chi connectivity index (χ1n) is 12.1. The number of hydrogen-bond donors (Lipinski definition) is 9. The number of amides is 3. The van der Waals surface area contributed by atoms with Gasteiger partial charge < -0.3 is 53.1 Å². The van der Waals surface area contributed by atoms with Crippen LogP contribution in [0.1, 0.15) is 24.8 Å². The number of nitrogens with two attached hydrogens (primary N) is 3. The van der Waals surface area contributed by atoms with E-state index in [2.05, 4.69) is 25.9 Å². The van der Waals surface area contributed by atoms with E-state index < -0.39 is 60.9 Å². The van der Waals surface area contributed by atoms with Crippen molar-refractivity contribution in [3.63, 3.8) is 0 Å². The minimum Gasteiger partial charge on any atom is -0.481 e. The van der Waals surface area contributed by atoms with Gasteiger partial charge in [-0.15, -0.1) is 0 Å². The number of benzene rings is 1. The van der Waals surface area contributed by atoms with Crippen LogP contribution in [0.15, 0.2) is 35.5 Å². The van der Waals surface area contributed by atoms with Gasteiger partial charge in [0.25, 0.3) is 0 Å². The number of aliphatic carboxylic acids is 1. The molecule has 0 spiro atoms. The summed E-state index contributed by atoms with van der Waals surface area (Å²) < 4.78 is 0. The number of H-pyrrole nitrogens is 1. The number of rotatable bonds is 16. The topological polar surface area (TPSA) is 268 Å². The fourth-order valence-electron chi connectivity index (χ4n) is 3.74. The first-order chi connectivity index (χ1) is 18.5. The number of aliphatic hydroxyl groups is 1. The number of hydrogen-bond acceptors (Lipinski definition) is 8. The Bertz CT molecular complexity index is 1190. The lowest BCUT2D eigenvalue weighted by molar-refractivity contribution is -0.139. The predicted octanol–water partition coefficient (Wildman–Crippen LogP) is -2.79. The third-order valence-electron chi connectivity index (χ3n) is 5.73. The number of aldehydes is 1. The summed E-state index contributed by atoms with van der Waals surface area (Å²) in [6.45, 7) is -0.500. The zero-order valence-electron chi connectivity index (χ0n) is 21.1. The number of nitrogens with zero attached hydrogens (tertiary/aromatic N) is 1. The molecule has 0 aliphatic rings. The Labute approximate surface area is 223 Å². The summed E-state index contributed by atoms with van der Waals surface area (Å²) in [4.78, 5) is 68.1. The van der Waals surface area contributed by atoms with Crippen LogP contribution in [0.25, 0.3) is 10.9 Å². The van der Waals surface area contributed by atoms with Crippen molar-refractivity contribution in [1.29, 1.82) is 0 Å². The second kappa shape index (κ2) is 15.0. The van der Waals surface area contributed by atoms with Crippen LogP contribution in [0.4, 0.5) is 0 Å². The highest BCUT2D eigenvalue weighted by Crippen LogP contribution is 2.19. The highest BCUT2D eigenvalue weighted by atomic mass is 16.4. The fraction of sp³-hybridized carbons (Fsp3) is 0.417. The van der Waals surface area contributed by atoms with Crippen molar-refractivity contribution >= 4 is 46.8 Å². The van der Waals surface area contributed by atoms with Crippen LogP contribution in [0.3, 0.4) is 0 Å². The zero-order valence-corrected chi connectivity index (χ0v) is 21.1. The number of aromatic amines is 1. The van der Waals surface area contributed by atoms with Crippen LogP contribution in [0.2, 0.25) is 0 Å². The van der Waals surface area contributed by atoms with Crippen LogP contribution in [0, 0.1) is 0 Å². The lowest BCUT2D eigenvalue weighted by atomic mass is 10.0. The molecule has 0 saturated heterocycles. The molecule has 15 nitrogen and oxygen atoms in total. The molecule has 1 aromatic carbocycles. The second-order valence-electron chi connectivity index (χ2n) is 8.77. The predicted molar refractivity (Wildman–Crippen MR) is 141 cm³/mol. The van der Waals surface area contributed by atoms with E-state index in [1.54, 1.807) is 12.3 Å². The molecule has 39 heavy (non-hydrogen) atoms. The molecular weight excluding hydrogens is 512 g/mol. The van der Waals surface area contributed by atoms with E-state index in [0.717, 1.165) is 10.9 Å². The number of carbonyl (C=O) groups excluding carboxylic acids is 4. The molecule has 0 unspecified atom stereocenters. The Morgan fingerprint density at radius 1 is 1.03 bits per heavy atom.